The molecule has 0 radical (unpaired) electrons. The Bertz CT molecular complexity index is 723. The molecule has 4 rings (SSSR count). The van der Waals surface area contributed by atoms with E-state index in [4.69, 9.17) is 23.7 Å². The molecule has 9 atom stereocenters. The highest BCUT2D eigenvalue weighted by molar-refractivity contribution is 7.99. The van der Waals surface area contributed by atoms with Gasteiger partial charge in [0.2, 0.25) is 0 Å². The summed E-state index contributed by atoms with van der Waals surface area (Å²) < 4.78 is 31.7. The number of rotatable bonds is 4. The van der Waals surface area contributed by atoms with Crippen LogP contribution in [0.1, 0.15) is 47.1 Å². The Kier molecular flexibility index (Phi) is 6.56. The normalized spacial score (nSPS) is 43.4. The Labute approximate surface area is 185 Å². The maximum atomic E-state index is 6.54. The zero-order chi connectivity index (χ0) is 21.6. The van der Waals surface area contributed by atoms with Crippen molar-refractivity contribution in [3.63, 3.8) is 0 Å². The van der Waals surface area contributed by atoms with Crippen LogP contribution >= 0.6 is 11.8 Å². The Morgan fingerprint density at radius 2 is 1.63 bits per heavy atom. The van der Waals surface area contributed by atoms with E-state index in [2.05, 4.69) is 58.9 Å². The summed E-state index contributed by atoms with van der Waals surface area (Å²) in [5, 5.41) is 0. The van der Waals surface area contributed by atoms with Gasteiger partial charge in [0, 0.05) is 10.8 Å². The molecular weight excluding hydrogens is 400 g/mol. The van der Waals surface area contributed by atoms with Crippen molar-refractivity contribution in [1.29, 1.82) is 0 Å². The van der Waals surface area contributed by atoms with Crippen molar-refractivity contribution in [2.24, 2.45) is 17.8 Å². The van der Waals surface area contributed by atoms with E-state index in [1.54, 1.807) is 11.8 Å². The van der Waals surface area contributed by atoms with Crippen LogP contribution in [0.25, 0.3) is 0 Å². The summed E-state index contributed by atoms with van der Waals surface area (Å²) in [5.41, 5.74) is 1.09. The van der Waals surface area contributed by atoms with E-state index in [1.165, 1.54) is 5.56 Å². The summed E-state index contributed by atoms with van der Waals surface area (Å²) in [5.74, 6) is 0.723. The third-order valence-corrected chi connectivity index (χ3v) is 7.97. The van der Waals surface area contributed by atoms with Gasteiger partial charge in [0.25, 0.3) is 0 Å². The number of hydrogen-bond donors (Lipinski definition) is 0. The summed E-state index contributed by atoms with van der Waals surface area (Å²) in [4.78, 5) is 1.16. The molecule has 1 aromatic rings. The first-order chi connectivity index (χ1) is 14.1. The molecule has 1 aromatic carbocycles. The molecule has 6 heteroatoms. The number of ether oxygens (including phenoxy) is 5. The van der Waals surface area contributed by atoms with Crippen molar-refractivity contribution in [3.8, 4) is 0 Å². The van der Waals surface area contributed by atoms with Crippen molar-refractivity contribution < 1.29 is 23.7 Å². The molecule has 3 unspecified atom stereocenters. The molecule has 30 heavy (non-hydrogen) atoms. The summed E-state index contributed by atoms with van der Waals surface area (Å²) in [6.45, 7) is 15.5. The molecule has 0 spiro atoms. The zero-order valence-electron chi connectivity index (χ0n) is 19.2. The SMILES string of the molecule is Cc1ccc(S[C@@H]2OC(C)[C@H](O[C@@H]3OC[C@@H](C)[C@H](C)C3C)[C@@H]3OC(C)(C)OC32)cc1. The fourth-order valence-corrected chi connectivity index (χ4v) is 5.72. The first-order valence-corrected chi connectivity index (χ1v) is 12.0. The second-order valence-electron chi connectivity index (χ2n) is 9.70. The van der Waals surface area contributed by atoms with Gasteiger partial charge in [0.1, 0.15) is 23.7 Å². The van der Waals surface area contributed by atoms with E-state index >= 15 is 0 Å². The maximum absolute atomic E-state index is 6.54. The molecule has 0 amide bonds. The molecule has 0 saturated carbocycles. The highest BCUT2D eigenvalue weighted by Gasteiger charge is 2.56. The van der Waals surface area contributed by atoms with Gasteiger partial charge in [-0.2, -0.15) is 0 Å². The van der Waals surface area contributed by atoms with Crippen LogP contribution in [0.2, 0.25) is 0 Å². The van der Waals surface area contributed by atoms with Crippen LogP contribution in [-0.2, 0) is 23.7 Å². The average molecular weight is 437 g/mol. The van der Waals surface area contributed by atoms with Gasteiger partial charge in [-0.25, -0.2) is 0 Å². The van der Waals surface area contributed by atoms with E-state index in [0.717, 1.165) is 11.5 Å². The van der Waals surface area contributed by atoms with Gasteiger partial charge in [-0.15, -0.1) is 0 Å². The van der Waals surface area contributed by atoms with Gasteiger partial charge >= 0.3 is 0 Å². The largest absolute Gasteiger partial charge is 0.359 e. The molecule has 5 nitrogen and oxygen atoms in total. The third kappa shape index (κ3) is 4.59. The van der Waals surface area contributed by atoms with Gasteiger partial charge < -0.3 is 23.7 Å². The van der Waals surface area contributed by atoms with Crippen molar-refractivity contribution in [2.75, 3.05) is 6.61 Å². The fraction of sp³-hybridized carbons (Fsp3) is 0.750. The molecule has 3 aliphatic heterocycles. The highest BCUT2D eigenvalue weighted by Crippen LogP contribution is 2.44. The van der Waals surface area contributed by atoms with Crippen LogP contribution < -0.4 is 0 Å². The maximum Gasteiger partial charge on any atom is 0.164 e. The summed E-state index contributed by atoms with van der Waals surface area (Å²) in [7, 11) is 0. The van der Waals surface area contributed by atoms with E-state index in [-0.39, 0.29) is 36.1 Å². The molecular formula is C24H36O5S. The predicted octanol–water partition coefficient (Wildman–Crippen LogP) is 5.00. The topological polar surface area (TPSA) is 46.2 Å². The van der Waals surface area contributed by atoms with E-state index in [0.29, 0.717) is 17.8 Å². The quantitative estimate of drug-likeness (QED) is 0.662. The minimum Gasteiger partial charge on any atom is -0.359 e. The van der Waals surface area contributed by atoms with E-state index < -0.39 is 5.79 Å². The number of benzene rings is 1. The number of aryl methyl sites for hydroxylation is 1. The second-order valence-corrected chi connectivity index (χ2v) is 10.9. The first kappa shape index (κ1) is 22.6. The third-order valence-electron chi connectivity index (χ3n) is 6.81. The van der Waals surface area contributed by atoms with E-state index in [1.807, 2.05) is 13.8 Å². The molecule has 3 aliphatic rings. The average Bonchev–Trinajstić information content (AvgIpc) is 3.02. The lowest BCUT2D eigenvalue weighted by Crippen LogP contribution is -2.57. The van der Waals surface area contributed by atoms with E-state index in [9.17, 15) is 0 Å². The van der Waals surface area contributed by atoms with Crippen LogP contribution in [0, 0.1) is 24.7 Å². The lowest BCUT2D eigenvalue weighted by molar-refractivity contribution is -0.281. The van der Waals surface area contributed by atoms with Crippen molar-refractivity contribution in [2.45, 2.75) is 95.3 Å². The molecule has 0 N–H and O–H groups in total. The summed E-state index contributed by atoms with van der Waals surface area (Å²) >= 11 is 1.69. The number of thioether (sulfide) groups is 1. The van der Waals surface area contributed by atoms with Crippen LogP contribution in [0.15, 0.2) is 29.2 Å². The first-order valence-electron chi connectivity index (χ1n) is 11.2. The summed E-state index contributed by atoms with van der Waals surface area (Å²) in [6, 6.07) is 8.51. The lowest BCUT2D eigenvalue weighted by Gasteiger charge is -2.45. The molecule has 3 saturated heterocycles. The molecule has 3 fully saturated rings. The molecule has 0 aromatic heterocycles. The molecule has 3 heterocycles. The molecule has 168 valence electrons. The number of fused-ring (bicyclic) bond motifs is 1. The highest BCUT2D eigenvalue weighted by atomic mass is 32.2. The Balaban J connectivity index is 1.51. The smallest absolute Gasteiger partial charge is 0.164 e. The van der Waals surface area contributed by atoms with Crippen LogP contribution in [0.4, 0.5) is 0 Å². The molecule has 0 aliphatic carbocycles. The fourth-order valence-electron chi connectivity index (χ4n) is 4.58. The Hall–Kier alpha value is -0.630. The van der Waals surface area contributed by atoms with Gasteiger partial charge in [-0.05, 0) is 51.7 Å². The van der Waals surface area contributed by atoms with Gasteiger partial charge in [0.15, 0.2) is 12.1 Å². The van der Waals surface area contributed by atoms with Crippen molar-refractivity contribution in [1.82, 2.24) is 0 Å². The minimum absolute atomic E-state index is 0.128. The minimum atomic E-state index is -0.669. The second kappa shape index (κ2) is 8.72. The lowest BCUT2D eigenvalue weighted by atomic mass is 9.83. The van der Waals surface area contributed by atoms with Crippen molar-refractivity contribution in [3.05, 3.63) is 29.8 Å². The van der Waals surface area contributed by atoms with Gasteiger partial charge in [-0.1, -0.05) is 50.2 Å². The van der Waals surface area contributed by atoms with Gasteiger partial charge in [-0.3, -0.25) is 0 Å². The van der Waals surface area contributed by atoms with Crippen molar-refractivity contribution >= 4 is 11.8 Å². The van der Waals surface area contributed by atoms with Crippen LogP contribution in [0.5, 0.6) is 0 Å². The Morgan fingerprint density at radius 1 is 0.967 bits per heavy atom. The number of hydrogen-bond acceptors (Lipinski definition) is 6. The van der Waals surface area contributed by atoms with Crippen LogP contribution in [0.3, 0.4) is 0 Å². The predicted molar refractivity (Wildman–Crippen MR) is 117 cm³/mol. The molecule has 0 bridgehead atoms. The van der Waals surface area contributed by atoms with Gasteiger partial charge in [0.05, 0.1) is 12.7 Å². The summed E-state index contributed by atoms with van der Waals surface area (Å²) in [6.07, 6.45) is -1.02. The standard InChI is InChI=1S/C24H36O5S/c1-13-8-10-18(11-9-13)30-23-21-20(28-24(6,7)29-21)19(17(5)26-23)27-22-16(4)15(3)14(2)12-25-22/h8-11,14-17,19-23H,12H2,1-7H3/t14-,15+,16?,17?,19+,20+,21?,22+,23+/m1/s1. The Morgan fingerprint density at radius 3 is 2.33 bits per heavy atom. The van der Waals surface area contributed by atoms with Crippen LogP contribution in [-0.4, -0.2) is 48.5 Å². The monoisotopic (exact) mass is 436 g/mol. The zero-order valence-corrected chi connectivity index (χ0v) is 20.0.